The topological polar surface area (TPSA) is 91.8 Å². The third-order valence-corrected chi connectivity index (χ3v) is 7.88. The zero-order chi connectivity index (χ0) is 28.4. The van der Waals surface area contributed by atoms with E-state index in [4.69, 9.17) is 4.74 Å². The van der Waals surface area contributed by atoms with Gasteiger partial charge in [0.05, 0.1) is 5.69 Å². The van der Waals surface area contributed by atoms with E-state index >= 15 is 0 Å². The molecule has 1 aliphatic rings. The molecule has 2 heterocycles. The smallest absolute Gasteiger partial charge is 0.410 e. The summed E-state index contributed by atoms with van der Waals surface area (Å²) in [6, 6.07) is 14.4. The molecule has 208 valence electrons. The van der Waals surface area contributed by atoms with Crippen LogP contribution in [0.15, 0.2) is 65.7 Å². The molecule has 0 bridgehead atoms. The summed E-state index contributed by atoms with van der Waals surface area (Å²) in [6.07, 6.45) is 1.00. The predicted molar refractivity (Wildman–Crippen MR) is 149 cm³/mol. The summed E-state index contributed by atoms with van der Waals surface area (Å²) in [5.41, 5.74) is 3.22. The van der Waals surface area contributed by atoms with E-state index in [1.54, 1.807) is 29.2 Å². The van der Waals surface area contributed by atoms with Gasteiger partial charge in [-0.1, -0.05) is 6.07 Å². The largest absolute Gasteiger partial charge is 0.444 e. The number of aromatic nitrogens is 1. The van der Waals surface area contributed by atoms with Crippen LogP contribution in [-0.2, 0) is 21.3 Å². The van der Waals surface area contributed by atoms with Gasteiger partial charge in [0.25, 0.3) is 10.0 Å². The molecule has 1 N–H and O–H groups in total. The number of carbonyl (C=O) groups is 1. The van der Waals surface area contributed by atoms with Crippen molar-refractivity contribution in [1.82, 2.24) is 14.8 Å². The van der Waals surface area contributed by atoms with Crippen LogP contribution in [0, 0.1) is 12.7 Å². The van der Waals surface area contributed by atoms with Crippen LogP contribution in [0.1, 0.15) is 38.8 Å². The first kappa shape index (κ1) is 28.5. The number of carbonyl (C=O) groups excluding carboxylic acids is 1. The van der Waals surface area contributed by atoms with E-state index in [1.807, 2.05) is 46.8 Å². The maximum absolute atomic E-state index is 13.2. The quantitative estimate of drug-likeness (QED) is 0.437. The molecule has 0 radical (unpaired) electrons. The average Bonchev–Trinajstić information content (AvgIpc) is 2.85. The fourth-order valence-electron chi connectivity index (χ4n) is 4.49. The number of rotatable bonds is 6. The zero-order valence-electron chi connectivity index (χ0n) is 22.9. The van der Waals surface area contributed by atoms with Crippen molar-refractivity contribution in [2.45, 2.75) is 57.7 Å². The lowest BCUT2D eigenvalue weighted by Gasteiger charge is -2.40. The molecule has 3 aromatic rings. The Labute approximate surface area is 229 Å². The van der Waals surface area contributed by atoms with Crippen molar-refractivity contribution in [3.63, 3.8) is 0 Å². The summed E-state index contributed by atoms with van der Waals surface area (Å²) in [7, 11) is -3.84. The number of sulfonamides is 1. The van der Waals surface area contributed by atoms with Gasteiger partial charge >= 0.3 is 6.09 Å². The first-order valence-corrected chi connectivity index (χ1v) is 14.4. The third kappa shape index (κ3) is 7.33. The van der Waals surface area contributed by atoms with Crippen LogP contribution < -0.4 is 4.72 Å². The maximum Gasteiger partial charge on any atom is 0.410 e. The second-order valence-corrected chi connectivity index (χ2v) is 12.6. The number of amides is 1. The molecule has 1 aromatic heterocycles. The van der Waals surface area contributed by atoms with Gasteiger partial charge in [-0.25, -0.2) is 17.6 Å². The Hall–Kier alpha value is -3.50. The Morgan fingerprint density at radius 2 is 1.82 bits per heavy atom. The van der Waals surface area contributed by atoms with Crippen molar-refractivity contribution in [3.05, 3.63) is 77.7 Å². The standard InChI is InChI=1S/C29H35FN4O4S/c1-20-16-25(32-39(36,37)26-12-13-27(31-17-26)22-6-9-24(30)10-7-22)11-8-23(20)19-33-14-15-34(21(2)18-33)28(35)38-29(3,4)5/h6-13,16-17,21,32H,14-15,18-19H2,1-5H3/t21-/m0/s1. The highest BCUT2D eigenvalue weighted by Gasteiger charge is 2.31. The molecule has 2 aromatic carbocycles. The van der Waals surface area contributed by atoms with Gasteiger partial charge in [-0.2, -0.15) is 0 Å². The van der Waals surface area contributed by atoms with Crippen LogP contribution in [0.3, 0.4) is 0 Å². The van der Waals surface area contributed by atoms with Crippen LogP contribution in [-0.4, -0.2) is 60.6 Å². The monoisotopic (exact) mass is 554 g/mol. The lowest BCUT2D eigenvalue weighted by Crippen LogP contribution is -2.54. The fourth-order valence-corrected chi connectivity index (χ4v) is 5.48. The Kier molecular flexibility index (Phi) is 8.27. The minimum absolute atomic E-state index is 0.0167. The molecule has 8 nitrogen and oxygen atoms in total. The van der Waals surface area contributed by atoms with Gasteiger partial charge in [0, 0.05) is 49.7 Å². The van der Waals surface area contributed by atoms with Gasteiger partial charge in [0.1, 0.15) is 16.3 Å². The number of hydrogen-bond acceptors (Lipinski definition) is 6. The zero-order valence-corrected chi connectivity index (χ0v) is 23.8. The summed E-state index contributed by atoms with van der Waals surface area (Å²) in [6.45, 7) is 12.3. The normalized spacial score (nSPS) is 16.7. The molecule has 1 amide bonds. The van der Waals surface area contributed by atoms with Crippen LogP contribution in [0.2, 0.25) is 0 Å². The molecular weight excluding hydrogens is 519 g/mol. The van der Waals surface area contributed by atoms with Crippen molar-refractivity contribution < 1.29 is 22.3 Å². The van der Waals surface area contributed by atoms with Gasteiger partial charge in [-0.3, -0.25) is 14.6 Å². The number of ether oxygens (including phenoxy) is 1. The van der Waals surface area contributed by atoms with E-state index in [9.17, 15) is 17.6 Å². The fraction of sp³-hybridized carbons (Fsp3) is 0.379. The van der Waals surface area contributed by atoms with E-state index in [0.29, 0.717) is 36.6 Å². The molecule has 4 rings (SSSR count). The van der Waals surface area contributed by atoms with Crippen molar-refractivity contribution in [2.75, 3.05) is 24.4 Å². The Morgan fingerprint density at radius 1 is 1.10 bits per heavy atom. The molecule has 0 spiro atoms. The average molecular weight is 555 g/mol. The van der Waals surface area contributed by atoms with Gasteiger partial charge in [0.2, 0.25) is 0 Å². The van der Waals surface area contributed by atoms with Crippen LogP contribution >= 0.6 is 0 Å². The van der Waals surface area contributed by atoms with E-state index < -0.39 is 15.6 Å². The molecule has 1 atom stereocenters. The van der Waals surface area contributed by atoms with Gasteiger partial charge < -0.3 is 9.64 Å². The molecule has 39 heavy (non-hydrogen) atoms. The van der Waals surface area contributed by atoms with E-state index in [2.05, 4.69) is 14.6 Å². The number of halogens is 1. The minimum Gasteiger partial charge on any atom is -0.444 e. The SMILES string of the molecule is Cc1cc(NS(=O)(=O)c2ccc(-c3ccc(F)cc3)nc2)ccc1CN1CCN(C(=O)OC(C)(C)C)[C@@H](C)C1. The molecule has 0 unspecified atom stereocenters. The minimum atomic E-state index is -3.84. The molecule has 10 heteroatoms. The van der Waals surface area contributed by atoms with E-state index in [0.717, 1.165) is 17.7 Å². The number of piperazine rings is 1. The highest BCUT2D eigenvalue weighted by Crippen LogP contribution is 2.24. The molecule has 1 saturated heterocycles. The van der Waals surface area contributed by atoms with Gasteiger partial charge in [0.15, 0.2) is 0 Å². The number of anilines is 1. The number of hydrogen-bond donors (Lipinski definition) is 1. The van der Waals surface area contributed by atoms with Gasteiger partial charge in [-0.15, -0.1) is 0 Å². The second-order valence-electron chi connectivity index (χ2n) is 10.9. The van der Waals surface area contributed by atoms with Crippen molar-refractivity contribution in [3.8, 4) is 11.3 Å². The van der Waals surface area contributed by atoms with Gasteiger partial charge in [-0.05, 0) is 94.3 Å². The van der Waals surface area contributed by atoms with Crippen LogP contribution in [0.5, 0.6) is 0 Å². The Balaban J connectivity index is 1.37. The summed E-state index contributed by atoms with van der Waals surface area (Å²) in [4.78, 5) is 20.8. The lowest BCUT2D eigenvalue weighted by molar-refractivity contribution is 0.000532. The first-order chi connectivity index (χ1) is 18.3. The van der Waals surface area contributed by atoms with E-state index in [-0.39, 0.29) is 22.8 Å². The number of aryl methyl sites for hydroxylation is 1. The van der Waals surface area contributed by atoms with Crippen molar-refractivity contribution >= 4 is 21.8 Å². The van der Waals surface area contributed by atoms with Crippen molar-refractivity contribution in [1.29, 1.82) is 0 Å². The lowest BCUT2D eigenvalue weighted by atomic mass is 10.1. The van der Waals surface area contributed by atoms with Crippen LogP contribution in [0.25, 0.3) is 11.3 Å². The maximum atomic E-state index is 13.2. The summed E-state index contributed by atoms with van der Waals surface area (Å²) >= 11 is 0. The molecule has 1 aliphatic heterocycles. The first-order valence-electron chi connectivity index (χ1n) is 12.9. The molecule has 0 aliphatic carbocycles. The Bertz CT molecular complexity index is 1420. The highest BCUT2D eigenvalue weighted by atomic mass is 32.2. The molecule has 0 saturated carbocycles. The molecule has 1 fully saturated rings. The summed E-state index contributed by atoms with van der Waals surface area (Å²) in [5, 5.41) is 0. The number of pyridine rings is 1. The van der Waals surface area contributed by atoms with Crippen molar-refractivity contribution in [2.24, 2.45) is 0 Å². The third-order valence-electron chi connectivity index (χ3n) is 6.52. The summed E-state index contributed by atoms with van der Waals surface area (Å²) in [5.74, 6) is -0.348. The molecular formula is C29H35FN4O4S. The second kappa shape index (κ2) is 11.3. The Morgan fingerprint density at radius 3 is 2.41 bits per heavy atom. The highest BCUT2D eigenvalue weighted by molar-refractivity contribution is 7.92. The number of nitrogens with one attached hydrogen (secondary N) is 1. The predicted octanol–water partition coefficient (Wildman–Crippen LogP) is 5.44. The number of benzene rings is 2. The summed E-state index contributed by atoms with van der Waals surface area (Å²) < 4.78 is 47.3. The van der Waals surface area contributed by atoms with E-state index in [1.165, 1.54) is 24.4 Å². The number of nitrogens with zero attached hydrogens (tertiary/aromatic N) is 3. The van der Waals surface area contributed by atoms with Crippen LogP contribution in [0.4, 0.5) is 14.9 Å².